The number of nitrogens with zero attached hydrogens (tertiary/aromatic N) is 5. The molecule has 24 heteroatoms. The average Bonchev–Trinajstić information content (AvgIpc) is 3.57. The van der Waals surface area contributed by atoms with E-state index in [-0.39, 0.29) is 54.1 Å². The summed E-state index contributed by atoms with van der Waals surface area (Å²) < 4.78 is 0.375. The van der Waals surface area contributed by atoms with E-state index in [0.29, 0.717) is 14.8 Å². The van der Waals surface area contributed by atoms with Crippen LogP contribution < -0.4 is 21.3 Å². The number of phenols is 2. The van der Waals surface area contributed by atoms with Crippen molar-refractivity contribution in [3.05, 3.63) is 35.0 Å². The quantitative estimate of drug-likeness (QED) is 0.0190. The van der Waals surface area contributed by atoms with Gasteiger partial charge in [-0.15, -0.1) is 33.6 Å². The van der Waals surface area contributed by atoms with Crippen molar-refractivity contribution >= 4 is 99.5 Å². The second-order valence-electron chi connectivity index (χ2n) is 11.0. The Labute approximate surface area is 310 Å². The molecule has 2 saturated heterocycles. The van der Waals surface area contributed by atoms with Gasteiger partial charge in [0.25, 0.3) is 5.91 Å². The second-order valence-corrected chi connectivity index (χ2v) is 14.5. The lowest BCUT2D eigenvalue weighted by atomic mass is 9.94. The van der Waals surface area contributed by atoms with E-state index in [1.54, 1.807) is 6.92 Å². The minimum Gasteiger partial charge on any atom is -0.504 e. The Morgan fingerprint density at radius 3 is 2.54 bits per heavy atom. The number of thioether (sulfide) groups is 2. The van der Waals surface area contributed by atoms with E-state index in [1.807, 2.05) is 0 Å². The predicted octanol–water partition coefficient (Wildman–Crippen LogP) is -0.827. The number of piperazine rings is 1. The molecule has 5 rings (SSSR count). The molecule has 1 aromatic carbocycles. The molecule has 8 amide bonds. The highest BCUT2D eigenvalue weighted by Gasteiger charge is 2.66. The van der Waals surface area contributed by atoms with Gasteiger partial charge in [-0.3, -0.25) is 43.9 Å². The van der Waals surface area contributed by atoms with Crippen LogP contribution in [-0.4, -0.2) is 136 Å². The number of likely N-dealkylation sites (N-methyl/N-ethyl adjacent to an activating group) is 1. The molecule has 2 aromatic rings. The van der Waals surface area contributed by atoms with Gasteiger partial charge in [-0.2, -0.15) is 0 Å². The molecule has 4 heterocycles. The molecule has 3 aliphatic rings. The summed E-state index contributed by atoms with van der Waals surface area (Å²) >= 11 is 8.61. The number of rotatable bonds is 13. The lowest BCUT2D eigenvalue weighted by Crippen LogP contribution is -2.85. The number of aromatic hydroxyl groups is 2. The maximum absolute atomic E-state index is 14.0. The van der Waals surface area contributed by atoms with Crippen molar-refractivity contribution in [3.8, 4) is 11.5 Å². The van der Waals surface area contributed by atoms with E-state index in [1.165, 1.54) is 4.90 Å². The third-order valence-electron chi connectivity index (χ3n) is 7.90. The fourth-order valence-electron chi connectivity index (χ4n) is 5.39. The number of β-lactam (4-membered cyclic amide) rings is 1. The molecular formula is C28H28ClN9O11S3. The van der Waals surface area contributed by atoms with Crippen LogP contribution in [0.4, 0.5) is 9.93 Å². The SMILES string of the molecule is CCN1CCN(C(=O)NC(C(=O)N[C@]2(NC=O)C(=O)N3C(C(=O)O)=C(CSc4nnc(NC(=O)CCl)s4)CS[C@H]32)c2ccc(O)c(O)c2)C(=O)C1=O. The molecular weight excluding hydrogens is 770 g/mol. The number of carboxylic acid groups (broad SMARTS) is 1. The standard InChI is InChI=1S/C28H28ClN9O11S3/c1-2-36-5-6-37(21(45)20(36)44)26(49)32-17(12-3-4-14(40)15(41)7-12)19(43)33-28(30-11-39)23(48)38-18(22(46)47)13(9-50-24(28)38)10-51-27-35-34-25(52-27)31-16(42)8-29/h3-4,7,11,17,24,40-41H,2,5-6,8-10H2,1H3,(H,30,39)(H,32,49)(H,33,43)(H,46,47)(H,31,34,42)/t17?,24-,28+/m0/s1. The monoisotopic (exact) mass is 797 g/mol. The normalized spacial score (nSPS) is 20.5. The zero-order chi connectivity index (χ0) is 37.9. The molecule has 1 unspecified atom stereocenters. The number of carbonyl (C=O) groups excluding carboxylic acids is 7. The van der Waals surface area contributed by atoms with Crippen LogP contribution >= 0.6 is 46.5 Å². The highest BCUT2D eigenvalue weighted by Crippen LogP contribution is 2.46. The van der Waals surface area contributed by atoms with Crippen LogP contribution in [0.3, 0.4) is 0 Å². The summed E-state index contributed by atoms with van der Waals surface area (Å²) in [5.74, 6) is -7.76. The summed E-state index contributed by atoms with van der Waals surface area (Å²) in [6, 6.07) is 0.150. The maximum Gasteiger partial charge on any atom is 0.352 e. The highest BCUT2D eigenvalue weighted by atomic mass is 35.5. The van der Waals surface area contributed by atoms with Crippen LogP contribution in [0.2, 0.25) is 0 Å². The third kappa shape index (κ3) is 7.29. The number of hydrogen-bond donors (Lipinski definition) is 7. The lowest BCUT2D eigenvalue weighted by molar-refractivity contribution is -0.163. The van der Waals surface area contributed by atoms with Crippen molar-refractivity contribution in [3.63, 3.8) is 0 Å². The summed E-state index contributed by atoms with van der Waals surface area (Å²) in [5.41, 5.74) is -2.47. The van der Waals surface area contributed by atoms with Gasteiger partial charge in [-0.25, -0.2) is 9.59 Å². The summed E-state index contributed by atoms with van der Waals surface area (Å²) in [6.07, 6.45) is 0.124. The van der Waals surface area contributed by atoms with Crippen molar-refractivity contribution < 1.29 is 53.7 Å². The number of imide groups is 1. The molecule has 0 radical (unpaired) electrons. The zero-order valence-corrected chi connectivity index (χ0v) is 29.9. The number of amides is 8. The Bertz CT molecular complexity index is 1900. The number of alkyl halides is 1. The number of anilines is 1. The second kappa shape index (κ2) is 15.6. The number of halogens is 1. The minimum absolute atomic E-state index is 0.0156. The number of carboxylic acids is 1. The number of aliphatic carboxylic acids is 1. The fraction of sp³-hybridized carbons (Fsp3) is 0.357. The average molecular weight is 798 g/mol. The van der Waals surface area contributed by atoms with Crippen molar-refractivity contribution in [2.24, 2.45) is 0 Å². The van der Waals surface area contributed by atoms with Gasteiger partial charge >= 0.3 is 23.8 Å². The number of urea groups is 1. The molecule has 0 spiro atoms. The van der Waals surface area contributed by atoms with Crippen molar-refractivity contribution in [2.45, 2.75) is 28.3 Å². The first-order valence-corrected chi connectivity index (χ1v) is 18.3. The van der Waals surface area contributed by atoms with Gasteiger partial charge in [0, 0.05) is 31.1 Å². The van der Waals surface area contributed by atoms with Gasteiger partial charge in [-0.1, -0.05) is 29.2 Å². The van der Waals surface area contributed by atoms with E-state index in [0.717, 1.165) is 58.0 Å². The Morgan fingerprint density at radius 1 is 1.13 bits per heavy atom. The summed E-state index contributed by atoms with van der Waals surface area (Å²) in [6.45, 7) is 1.68. The Kier molecular flexibility index (Phi) is 11.5. The van der Waals surface area contributed by atoms with E-state index >= 15 is 0 Å². The number of nitrogens with one attached hydrogen (secondary N) is 4. The van der Waals surface area contributed by atoms with Gasteiger partial charge in [0.15, 0.2) is 15.8 Å². The van der Waals surface area contributed by atoms with Crippen LogP contribution in [0.15, 0.2) is 33.8 Å². The van der Waals surface area contributed by atoms with E-state index in [9.17, 15) is 53.7 Å². The zero-order valence-electron chi connectivity index (χ0n) is 26.7. The van der Waals surface area contributed by atoms with Crippen LogP contribution in [0.1, 0.15) is 18.5 Å². The predicted molar refractivity (Wildman–Crippen MR) is 183 cm³/mol. The molecule has 0 aliphatic carbocycles. The number of benzene rings is 1. The molecule has 3 aliphatic heterocycles. The first-order valence-electron chi connectivity index (χ1n) is 14.9. The van der Waals surface area contributed by atoms with Crippen molar-refractivity contribution in [2.75, 3.05) is 42.3 Å². The number of aromatic nitrogens is 2. The minimum atomic E-state index is -2.22. The topological polar surface area (TPSA) is 281 Å². The molecule has 0 bridgehead atoms. The number of phenolic OH excluding ortho intramolecular Hbond substituents is 2. The number of carbonyl (C=O) groups is 8. The van der Waals surface area contributed by atoms with Gasteiger partial charge < -0.3 is 36.2 Å². The summed E-state index contributed by atoms with van der Waals surface area (Å²) in [7, 11) is 0. The smallest absolute Gasteiger partial charge is 0.352 e. The first kappa shape index (κ1) is 38.1. The number of hydrogen-bond acceptors (Lipinski definition) is 15. The van der Waals surface area contributed by atoms with Crippen LogP contribution in [0.5, 0.6) is 11.5 Å². The van der Waals surface area contributed by atoms with Crippen LogP contribution in [0.25, 0.3) is 0 Å². The molecule has 7 N–H and O–H groups in total. The van der Waals surface area contributed by atoms with Gasteiger partial charge in [0.1, 0.15) is 23.0 Å². The van der Waals surface area contributed by atoms with E-state index in [4.69, 9.17) is 11.6 Å². The first-order chi connectivity index (χ1) is 24.8. The molecule has 276 valence electrons. The molecule has 2 fully saturated rings. The molecule has 20 nitrogen and oxygen atoms in total. The molecule has 52 heavy (non-hydrogen) atoms. The molecule has 0 saturated carbocycles. The number of fused-ring (bicyclic) bond motifs is 1. The fourth-order valence-corrected chi connectivity index (χ4v) is 8.79. The van der Waals surface area contributed by atoms with Crippen molar-refractivity contribution in [1.29, 1.82) is 0 Å². The van der Waals surface area contributed by atoms with E-state index < -0.39 is 75.8 Å². The van der Waals surface area contributed by atoms with Crippen LogP contribution in [0, 0.1) is 0 Å². The van der Waals surface area contributed by atoms with E-state index in [2.05, 4.69) is 31.5 Å². The molecule has 3 atom stereocenters. The summed E-state index contributed by atoms with van der Waals surface area (Å²) in [4.78, 5) is 105. The van der Waals surface area contributed by atoms with Crippen molar-refractivity contribution in [1.82, 2.24) is 40.8 Å². The lowest BCUT2D eigenvalue weighted by Gasteiger charge is -2.56. The Morgan fingerprint density at radius 2 is 1.88 bits per heavy atom. The summed E-state index contributed by atoms with van der Waals surface area (Å²) in [5, 5.41) is 46.3. The molecule has 1 aromatic heterocycles. The van der Waals surface area contributed by atoms with Gasteiger partial charge in [0.05, 0.1) is 0 Å². The highest BCUT2D eigenvalue weighted by molar-refractivity contribution is 8.02. The van der Waals surface area contributed by atoms with Gasteiger partial charge in [-0.05, 0) is 30.2 Å². The Hall–Kier alpha value is -5.13. The maximum atomic E-state index is 14.0. The van der Waals surface area contributed by atoms with Gasteiger partial charge in [0.2, 0.25) is 29.0 Å². The van der Waals surface area contributed by atoms with Crippen LogP contribution in [-0.2, 0) is 33.6 Å². The third-order valence-corrected chi connectivity index (χ3v) is 11.6. The largest absolute Gasteiger partial charge is 0.504 e. The Balaban J connectivity index is 1.39.